The van der Waals surface area contributed by atoms with E-state index in [1.165, 1.54) is 0 Å². The summed E-state index contributed by atoms with van der Waals surface area (Å²) in [5.74, 6) is 0. The van der Waals surface area contributed by atoms with Crippen molar-refractivity contribution in [2.24, 2.45) is 0 Å². The summed E-state index contributed by atoms with van der Waals surface area (Å²) in [5, 5.41) is 8.73. The van der Waals surface area contributed by atoms with Crippen LogP contribution in [0.5, 0.6) is 0 Å². The molecule has 0 bridgehead atoms. The van der Waals surface area contributed by atoms with E-state index in [0.717, 1.165) is 16.7 Å². The number of hydrogen-bond acceptors (Lipinski definition) is 2. The predicted molar refractivity (Wildman–Crippen MR) is 59.0 cm³/mol. The van der Waals surface area contributed by atoms with Gasteiger partial charge in [0.15, 0.2) is 0 Å². The molecule has 0 atom stereocenters. The lowest BCUT2D eigenvalue weighted by Crippen LogP contribution is -1.88. The van der Waals surface area contributed by atoms with Crippen molar-refractivity contribution in [2.45, 2.75) is 6.42 Å². The lowest BCUT2D eigenvalue weighted by Gasteiger charge is -2.05. The van der Waals surface area contributed by atoms with Crippen molar-refractivity contribution < 1.29 is 0 Å². The summed E-state index contributed by atoms with van der Waals surface area (Å²) >= 11 is 0. The van der Waals surface area contributed by atoms with Crippen LogP contribution in [-0.2, 0) is 6.42 Å². The van der Waals surface area contributed by atoms with Crippen molar-refractivity contribution in [1.82, 2.24) is 4.98 Å². The largest absolute Gasteiger partial charge is 0.264 e. The summed E-state index contributed by atoms with van der Waals surface area (Å²) in [6.07, 6.45) is 4.00. The van der Waals surface area contributed by atoms with E-state index in [2.05, 4.69) is 11.1 Å². The molecule has 0 aliphatic carbocycles. The zero-order valence-electron chi connectivity index (χ0n) is 8.22. The molecule has 0 spiro atoms. The fourth-order valence-corrected chi connectivity index (χ4v) is 1.56. The van der Waals surface area contributed by atoms with Crippen molar-refractivity contribution in [3.63, 3.8) is 0 Å². The van der Waals surface area contributed by atoms with E-state index in [1.54, 1.807) is 6.20 Å². The molecule has 2 nitrogen and oxygen atoms in total. The van der Waals surface area contributed by atoms with Gasteiger partial charge in [0, 0.05) is 18.0 Å². The highest BCUT2D eigenvalue weighted by atomic mass is 14.6. The maximum absolute atomic E-state index is 8.73. The van der Waals surface area contributed by atoms with Crippen molar-refractivity contribution in [1.29, 1.82) is 5.26 Å². The molecule has 1 aromatic heterocycles. The molecule has 2 rings (SSSR count). The van der Waals surface area contributed by atoms with E-state index in [1.807, 2.05) is 42.6 Å². The summed E-state index contributed by atoms with van der Waals surface area (Å²) in [6, 6.07) is 14.0. The molecule has 0 saturated carbocycles. The van der Waals surface area contributed by atoms with Gasteiger partial charge in [-0.05, 0) is 17.2 Å². The van der Waals surface area contributed by atoms with Gasteiger partial charge in [-0.25, -0.2) is 0 Å². The molecule has 2 aromatic rings. The monoisotopic (exact) mass is 194 g/mol. The van der Waals surface area contributed by atoms with Gasteiger partial charge < -0.3 is 0 Å². The van der Waals surface area contributed by atoms with Crippen LogP contribution in [0.3, 0.4) is 0 Å². The summed E-state index contributed by atoms with van der Waals surface area (Å²) in [7, 11) is 0. The van der Waals surface area contributed by atoms with Gasteiger partial charge in [-0.1, -0.05) is 30.3 Å². The van der Waals surface area contributed by atoms with E-state index in [0.29, 0.717) is 6.42 Å². The summed E-state index contributed by atoms with van der Waals surface area (Å²) in [6.45, 7) is 0. The van der Waals surface area contributed by atoms with Crippen LogP contribution in [0, 0.1) is 11.3 Å². The zero-order valence-corrected chi connectivity index (χ0v) is 8.22. The maximum Gasteiger partial charge on any atom is 0.0669 e. The third-order valence-electron chi connectivity index (χ3n) is 2.26. The fourth-order valence-electron chi connectivity index (χ4n) is 1.56. The second kappa shape index (κ2) is 4.39. The molecule has 0 fully saturated rings. The fraction of sp³-hybridized carbons (Fsp3) is 0.0769. The van der Waals surface area contributed by atoms with Gasteiger partial charge in [-0.3, -0.25) is 4.98 Å². The van der Waals surface area contributed by atoms with Crippen molar-refractivity contribution in [3.8, 4) is 17.2 Å². The highest BCUT2D eigenvalue weighted by Gasteiger charge is 2.02. The first-order valence-corrected chi connectivity index (χ1v) is 4.77. The SMILES string of the molecule is N#CCc1ccccc1-c1cccnc1. The second-order valence-electron chi connectivity index (χ2n) is 3.23. The Balaban J connectivity index is 2.49. The minimum Gasteiger partial charge on any atom is -0.264 e. The number of benzene rings is 1. The topological polar surface area (TPSA) is 36.7 Å². The zero-order chi connectivity index (χ0) is 10.5. The van der Waals surface area contributed by atoms with E-state index < -0.39 is 0 Å². The molecule has 0 N–H and O–H groups in total. The Hall–Kier alpha value is -2.14. The molecule has 15 heavy (non-hydrogen) atoms. The van der Waals surface area contributed by atoms with Gasteiger partial charge in [-0.2, -0.15) is 5.26 Å². The lowest BCUT2D eigenvalue weighted by atomic mass is 9.99. The Bertz CT molecular complexity index is 483. The standard InChI is InChI=1S/C13H10N2/c14-8-7-11-4-1-2-6-13(11)12-5-3-9-15-10-12/h1-6,9-10H,7H2. The van der Waals surface area contributed by atoms with Crippen LogP contribution >= 0.6 is 0 Å². The molecule has 0 unspecified atom stereocenters. The lowest BCUT2D eigenvalue weighted by molar-refractivity contribution is 1.25. The number of nitrogens with zero attached hydrogens (tertiary/aromatic N) is 2. The first-order chi connectivity index (χ1) is 7.42. The molecule has 2 heteroatoms. The second-order valence-corrected chi connectivity index (χ2v) is 3.23. The first kappa shape index (κ1) is 9.42. The van der Waals surface area contributed by atoms with Crippen LogP contribution in [0.1, 0.15) is 5.56 Å². The Labute approximate surface area is 88.8 Å². The molecule has 72 valence electrons. The van der Waals surface area contributed by atoms with E-state index in [4.69, 9.17) is 5.26 Å². The van der Waals surface area contributed by atoms with Crippen molar-refractivity contribution in [3.05, 3.63) is 54.4 Å². The minimum atomic E-state index is 0.436. The van der Waals surface area contributed by atoms with Gasteiger partial charge in [0.25, 0.3) is 0 Å². The van der Waals surface area contributed by atoms with Crippen molar-refractivity contribution in [2.75, 3.05) is 0 Å². The normalized spacial score (nSPS) is 9.53. The highest BCUT2D eigenvalue weighted by Crippen LogP contribution is 2.22. The Kier molecular flexibility index (Phi) is 2.75. The number of rotatable bonds is 2. The third-order valence-corrected chi connectivity index (χ3v) is 2.26. The number of aromatic nitrogens is 1. The van der Waals surface area contributed by atoms with Gasteiger partial charge in [0.1, 0.15) is 0 Å². The smallest absolute Gasteiger partial charge is 0.0669 e. The number of nitriles is 1. The summed E-state index contributed by atoms with van der Waals surface area (Å²) in [4.78, 5) is 4.08. The van der Waals surface area contributed by atoms with Crippen LogP contribution in [0.15, 0.2) is 48.8 Å². The molecule has 0 radical (unpaired) electrons. The summed E-state index contributed by atoms with van der Waals surface area (Å²) in [5.41, 5.74) is 3.20. The number of hydrogen-bond donors (Lipinski definition) is 0. The average molecular weight is 194 g/mol. The van der Waals surface area contributed by atoms with Gasteiger partial charge in [0.2, 0.25) is 0 Å². The van der Waals surface area contributed by atoms with Gasteiger partial charge >= 0.3 is 0 Å². The molecular weight excluding hydrogens is 184 g/mol. The van der Waals surface area contributed by atoms with Crippen LogP contribution in [0.25, 0.3) is 11.1 Å². The molecular formula is C13H10N2. The van der Waals surface area contributed by atoms with Crippen LogP contribution in [-0.4, -0.2) is 4.98 Å². The molecule has 0 aliphatic heterocycles. The highest BCUT2D eigenvalue weighted by molar-refractivity contribution is 5.66. The Morgan fingerprint density at radius 1 is 1.13 bits per heavy atom. The molecule has 0 aliphatic rings. The van der Waals surface area contributed by atoms with E-state index in [9.17, 15) is 0 Å². The average Bonchev–Trinajstić information content (AvgIpc) is 2.31. The first-order valence-electron chi connectivity index (χ1n) is 4.77. The maximum atomic E-state index is 8.73. The molecule has 0 amide bonds. The quantitative estimate of drug-likeness (QED) is 0.737. The number of pyridine rings is 1. The Morgan fingerprint density at radius 3 is 2.73 bits per heavy atom. The van der Waals surface area contributed by atoms with E-state index in [-0.39, 0.29) is 0 Å². The van der Waals surface area contributed by atoms with Crippen LogP contribution < -0.4 is 0 Å². The van der Waals surface area contributed by atoms with Crippen LogP contribution in [0.4, 0.5) is 0 Å². The van der Waals surface area contributed by atoms with Gasteiger partial charge in [0.05, 0.1) is 12.5 Å². The van der Waals surface area contributed by atoms with Gasteiger partial charge in [-0.15, -0.1) is 0 Å². The summed E-state index contributed by atoms with van der Waals surface area (Å²) < 4.78 is 0. The minimum absolute atomic E-state index is 0.436. The molecule has 1 aromatic carbocycles. The van der Waals surface area contributed by atoms with E-state index >= 15 is 0 Å². The molecule has 1 heterocycles. The Morgan fingerprint density at radius 2 is 2.00 bits per heavy atom. The molecule has 0 saturated heterocycles. The van der Waals surface area contributed by atoms with Crippen LogP contribution in [0.2, 0.25) is 0 Å². The van der Waals surface area contributed by atoms with Crippen molar-refractivity contribution >= 4 is 0 Å². The predicted octanol–water partition coefficient (Wildman–Crippen LogP) is 2.81. The third kappa shape index (κ3) is 2.03.